The van der Waals surface area contributed by atoms with E-state index < -0.39 is 0 Å². The van der Waals surface area contributed by atoms with E-state index in [0.717, 1.165) is 6.42 Å². The number of aromatic nitrogens is 2. The first-order chi connectivity index (χ1) is 14.3. The van der Waals surface area contributed by atoms with Crippen LogP contribution in [0.4, 0.5) is 0 Å². The summed E-state index contributed by atoms with van der Waals surface area (Å²) >= 11 is 0. The number of esters is 1. The molecule has 0 bridgehead atoms. The Balaban J connectivity index is 1.52. The first kappa shape index (κ1) is 22.9. The van der Waals surface area contributed by atoms with Gasteiger partial charge < -0.3 is 9.47 Å². The molecule has 2 aromatic rings. The van der Waals surface area contributed by atoms with Gasteiger partial charge in [-0.2, -0.15) is 9.13 Å². The summed E-state index contributed by atoms with van der Waals surface area (Å²) in [5, 5.41) is 0. The Bertz CT molecular complexity index is 684. The summed E-state index contributed by atoms with van der Waals surface area (Å²) in [7, 11) is 0. The van der Waals surface area contributed by atoms with Gasteiger partial charge in [0.05, 0.1) is 13.2 Å². The van der Waals surface area contributed by atoms with E-state index >= 15 is 0 Å². The van der Waals surface area contributed by atoms with E-state index in [1.54, 1.807) is 0 Å². The molecule has 2 heterocycles. The quantitative estimate of drug-likeness (QED) is 0.159. The summed E-state index contributed by atoms with van der Waals surface area (Å²) in [5.74, 6) is -0.254. The van der Waals surface area contributed by atoms with Crippen LogP contribution in [0.3, 0.4) is 0 Å². The molecule has 0 fully saturated rings. The average molecular weight is 405 g/mol. The Morgan fingerprint density at radius 1 is 0.759 bits per heavy atom. The van der Waals surface area contributed by atoms with Crippen molar-refractivity contribution in [1.82, 2.24) is 0 Å². The Morgan fingerprint density at radius 2 is 1.38 bits per heavy atom. The SMILES string of the molecule is CCC(COOCCOCCOC(=O)C(CC)[n+]1ccccc1)[n+]1ccccc1. The highest BCUT2D eigenvalue weighted by Crippen LogP contribution is 2.05. The van der Waals surface area contributed by atoms with Crippen LogP contribution in [-0.2, 0) is 24.0 Å². The Hall–Kier alpha value is -2.35. The predicted molar refractivity (Wildman–Crippen MR) is 106 cm³/mol. The number of pyridine rings is 2. The van der Waals surface area contributed by atoms with Crippen molar-refractivity contribution in [2.75, 3.05) is 33.0 Å². The van der Waals surface area contributed by atoms with Crippen LogP contribution in [-0.4, -0.2) is 39.0 Å². The minimum Gasteiger partial charge on any atom is -0.458 e. The van der Waals surface area contributed by atoms with Crippen LogP contribution < -0.4 is 9.13 Å². The molecule has 2 atom stereocenters. The van der Waals surface area contributed by atoms with Gasteiger partial charge in [0.2, 0.25) is 0 Å². The number of ether oxygens (including phenoxy) is 2. The lowest BCUT2D eigenvalue weighted by Crippen LogP contribution is -2.43. The fourth-order valence-corrected chi connectivity index (χ4v) is 2.87. The molecule has 0 saturated heterocycles. The topological polar surface area (TPSA) is 61.8 Å². The second-order valence-electron chi connectivity index (χ2n) is 6.52. The number of hydrogen-bond donors (Lipinski definition) is 0. The minimum absolute atomic E-state index is 0.214. The van der Waals surface area contributed by atoms with Crippen LogP contribution >= 0.6 is 0 Å². The number of carbonyl (C=O) groups excluding carboxylic acids is 1. The fourth-order valence-electron chi connectivity index (χ4n) is 2.87. The lowest BCUT2D eigenvalue weighted by molar-refractivity contribution is -0.728. The zero-order valence-electron chi connectivity index (χ0n) is 17.3. The first-order valence-electron chi connectivity index (χ1n) is 10.2. The molecular formula is C22H32N2O5+2. The van der Waals surface area contributed by atoms with Crippen LogP contribution in [0.25, 0.3) is 0 Å². The maximum Gasteiger partial charge on any atom is 0.375 e. The molecule has 0 aliphatic rings. The molecule has 7 nitrogen and oxygen atoms in total. The van der Waals surface area contributed by atoms with Crippen molar-refractivity contribution < 1.29 is 33.2 Å². The third-order valence-corrected chi connectivity index (χ3v) is 4.52. The lowest BCUT2D eigenvalue weighted by atomic mass is 10.2. The van der Waals surface area contributed by atoms with Crippen molar-refractivity contribution in [3.05, 3.63) is 61.2 Å². The highest BCUT2D eigenvalue weighted by atomic mass is 17.2. The molecule has 0 aromatic carbocycles. The van der Waals surface area contributed by atoms with Gasteiger partial charge in [0.15, 0.2) is 30.8 Å². The molecule has 2 unspecified atom stereocenters. The number of rotatable bonds is 14. The van der Waals surface area contributed by atoms with Crippen molar-refractivity contribution in [2.24, 2.45) is 0 Å². The molecule has 2 aromatic heterocycles. The van der Waals surface area contributed by atoms with Crippen molar-refractivity contribution in [3.63, 3.8) is 0 Å². The van der Waals surface area contributed by atoms with Crippen LogP contribution in [0.2, 0.25) is 0 Å². The van der Waals surface area contributed by atoms with Gasteiger partial charge in [-0.3, -0.25) is 0 Å². The van der Waals surface area contributed by atoms with Gasteiger partial charge in [-0.15, -0.1) is 0 Å². The van der Waals surface area contributed by atoms with Gasteiger partial charge >= 0.3 is 5.97 Å². The van der Waals surface area contributed by atoms with Gasteiger partial charge in [0, 0.05) is 37.1 Å². The molecule has 158 valence electrons. The molecule has 2 rings (SSSR count). The summed E-state index contributed by atoms with van der Waals surface area (Å²) in [6, 6.07) is 11.6. The maximum absolute atomic E-state index is 12.2. The Kier molecular flexibility index (Phi) is 10.9. The van der Waals surface area contributed by atoms with Crippen molar-refractivity contribution >= 4 is 5.97 Å². The van der Waals surface area contributed by atoms with Gasteiger partial charge in [-0.1, -0.05) is 26.0 Å². The summed E-state index contributed by atoms with van der Waals surface area (Å²) < 4.78 is 14.7. The van der Waals surface area contributed by atoms with Crippen LogP contribution in [0.15, 0.2) is 61.2 Å². The molecule has 0 radical (unpaired) electrons. The van der Waals surface area contributed by atoms with Gasteiger partial charge in [0.1, 0.15) is 19.8 Å². The van der Waals surface area contributed by atoms with Gasteiger partial charge in [-0.25, -0.2) is 14.6 Å². The molecule has 0 saturated carbocycles. The van der Waals surface area contributed by atoms with E-state index in [1.165, 1.54) is 0 Å². The normalized spacial score (nSPS) is 13.0. The fraction of sp³-hybridized carbons (Fsp3) is 0.500. The molecule has 7 heteroatoms. The van der Waals surface area contributed by atoms with Crippen molar-refractivity contribution in [2.45, 2.75) is 38.8 Å². The van der Waals surface area contributed by atoms with E-state index in [1.807, 2.05) is 72.7 Å². The summed E-state index contributed by atoms with van der Waals surface area (Å²) in [6.45, 7) is 5.77. The standard InChI is InChI=1S/C22H32N2O5/c1-3-20(23-11-7-5-8-12-23)19-29-28-18-16-26-15-17-27-22(25)21(4-2)24-13-9-6-10-14-24/h5-14,20-21H,3-4,15-19H2,1-2H3/q+2. The highest BCUT2D eigenvalue weighted by Gasteiger charge is 2.26. The van der Waals surface area contributed by atoms with Crippen molar-refractivity contribution in [3.8, 4) is 0 Å². The van der Waals surface area contributed by atoms with Gasteiger partial charge in [0.25, 0.3) is 6.04 Å². The molecule has 0 amide bonds. The monoisotopic (exact) mass is 404 g/mol. The zero-order valence-corrected chi connectivity index (χ0v) is 17.3. The Labute approximate surface area is 172 Å². The third kappa shape index (κ3) is 8.27. The summed E-state index contributed by atoms with van der Waals surface area (Å²) in [6.07, 6.45) is 9.37. The number of nitrogens with zero attached hydrogens (tertiary/aromatic N) is 2. The van der Waals surface area contributed by atoms with E-state index in [0.29, 0.717) is 32.8 Å². The average Bonchev–Trinajstić information content (AvgIpc) is 2.77. The largest absolute Gasteiger partial charge is 0.458 e. The van der Waals surface area contributed by atoms with E-state index in [4.69, 9.17) is 19.2 Å². The minimum atomic E-state index is -0.318. The summed E-state index contributed by atoms with van der Waals surface area (Å²) in [4.78, 5) is 22.7. The van der Waals surface area contributed by atoms with Crippen molar-refractivity contribution in [1.29, 1.82) is 0 Å². The van der Waals surface area contributed by atoms with Crippen LogP contribution in [0, 0.1) is 0 Å². The number of carbonyl (C=O) groups is 1. The molecule has 0 aliphatic heterocycles. The molecular weight excluding hydrogens is 372 g/mol. The van der Waals surface area contributed by atoms with E-state index in [9.17, 15) is 4.79 Å². The van der Waals surface area contributed by atoms with Gasteiger partial charge in [-0.05, 0) is 0 Å². The zero-order chi connectivity index (χ0) is 20.7. The third-order valence-electron chi connectivity index (χ3n) is 4.52. The Morgan fingerprint density at radius 3 is 2.00 bits per heavy atom. The predicted octanol–water partition coefficient (Wildman–Crippen LogP) is 2.37. The number of hydrogen-bond acceptors (Lipinski definition) is 5. The van der Waals surface area contributed by atoms with E-state index in [2.05, 4.69) is 11.5 Å². The molecule has 0 N–H and O–H groups in total. The molecule has 29 heavy (non-hydrogen) atoms. The van der Waals surface area contributed by atoms with Crippen LogP contribution in [0.1, 0.15) is 38.8 Å². The smallest absolute Gasteiger partial charge is 0.375 e. The highest BCUT2D eigenvalue weighted by molar-refractivity contribution is 5.72. The van der Waals surface area contributed by atoms with E-state index in [-0.39, 0.29) is 24.7 Å². The second kappa shape index (κ2) is 13.8. The maximum atomic E-state index is 12.2. The first-order valence-corrected chi connectivity index (χ1v) is 10.2. The second-order valence-corrected chi connectivity index (χ2v) is 6.52. The molecule has 0 aliphatic carbocycles. The summed E-state index contributed by atoms with van der Waals surface area (Å²) in [5.41, 5.74) is 0. The molecule has 0 spiro atoms. The van der Waals surface area contributed by atoms with Crippen LogP contribution in [0.5, 0.6) is 0 Å². The lowest BCUT2D eigenvalue weighted by Gasteiger charge is -2.11.